The summed E-state index contributed by atoms with van der Waals surface area (Å²) in [5.74, 6) is 0.410. The highest BCUT2D eigenvalue weighted by Gasteiger charge is 2.25. The van der Waals surface area contributed by atoms with E-state index in [1.54, 1.807) is 16.7 Å². The average molecular weight is 348 g/mol. The van der Waals surface area contributed by atoms with Crippen LogP contribution in [0.4, 0.5) is 0 Å². The van der Waals surface area contributed by atoms with Crippen molar-refractivity contribution >= 4 is 15.9 Å². The van der Waals surface area contributed by atoms with Gasteiger partial charge in [-0.2, -0.15) is 0 Å². The van der Waals surface area contributed by atoms with Gasteiger partial charge in [0.25, 0.3) is 0 Å². The molecule has 2 aromatic rings. The van der Waals surface area contributed by atoms with Crippen molar-refractivity contribution in [1.82, 2.24) is 14.8 Å². The fourth-order valence-electron chi connectivity index (χ4n) is 2.49. The summed E-state index contributed by atoms with van der Waals surface area (Å²) in [5.41, 5.74) is 7.04. The first-order chi connectivity index (χ1) is 11.5. The quantitative estimate of drug-likeness (QED) is 0.792. The van der Waals surface area contributed by atoms with E-state index in [1.165, 1.54) is 0 Å². The molecule has 1 unspecified atom stereocenters. The van der Waals surface area contributed by atoms with Crippen LogP contribution in [0.5, 0.6) is 0 Å². The van der Waals surface area contributed by atoms with Gasteiger partial charge in [-0.05, 0) is 18.9 Å². The Morgan fingerprint density at radius 1 is 1.21 bits per heavy atom. The maximum atomic E-state index is 12.6. The van der Waals surface area contributed by atoms with E-state index in [-0.39, 0.29) is 17.0 Å². The Balaban J connectivity index is 2.21. The van der Waals surface area contributed by atoms with Crippen LogP contribution in [0, 0.1) is 0 Å². The van der Waals surface area contributed by atoms with Gasteiger partial charge in [-0.1, -0.05) is 55.8 Å². The molecule has 0 radical (unpaired) electrons. The summed E-state index contributed by atoms with van der Waals surface area (Å²) in [7, 11) is -3.55. The fraction of sp³-hybridized carbons (Fsp3) is 0.412. The van der Waals surface area contributed by atoms with Gasteiger partial charge in [-0.3, -0.25) is 0 Å². The zero-order valence-corrected chi connectivity index (χ0v) is 14.9. The lowest BCUT2D eigenvalue weighted by Gasteiger charge is -2.12. The third-order valence-corrected chi connectivity index (χ3v) is 5.19. The first-order valence-electron chi connectivity index (χ1n) is 8.12. The predicted molar refractivity (Wildman–Crippen MR) is 95.1 cm³/mol. The summed E-state index contributed by atoms with van der Waals surface area (Å²) in [6.07, 6.45) is 5.06. The second kappa shape index (κ2) is 8.21. The van der Waals surface area contributed by atoms with Crippen LogP contribution in [0.2, 0.25) is 0 Å². The number of nitrogens with zero attached hydrogens (tertiary/aromatic N) is 3. The lowest BCUT2D eigenvalue weighted by atomic mass is 10.2. The Labute approximate surface area is 143 Å². The molecule has 0 fully saturated rings. The van der Waals surface area contributed by atoms with Crippen LogP contribution in [0.15, 0.2) is 41.6 Å². The molecule has 0 aliphatic heterocycles. The maximum Gasteiger partial charge on any atom is 0.250 e. The number of aromatic nitrogens is 3. The van der Waals surface area contributed by atoms with E-state index in [0.717, 1.165) is 18.4 Å². The molecule has 1 atom stereocenters. The fourth-order valence-corrected chi connectivity index (χ4v) is 3.71. The lowest BCUT2D eigenvalue weighted by Crippen LogP contribution is -2.19. The topological polar surface area (TPSA) is 90.9 Å². The third-order valence-electron chi connectivity index (χ3n) is 3.70. The molecule has 2 N–H and O–H groups in total. The number of sulfone groups is 1. The Morgan fingerprint density at radius 2 is 1.92 bits per heavy atom. The van der Waals surface area contributed by atoms with Crippen molar-refractivity contribution < 1.29 is 8.42 Å². The molecule has 1 aromatic heterocycles. The third kappa shape index (κ3) is 4.30. The van der Waals surface area contributed by atoms with Crippen LogP contribution in [0.3, 0.4) is 0 Å². The zero-order chi connectivity index (χ0) is 17.6. The van der Waals surface area contributed by atoms with E-state index in [0.29, 0.717) is 12.4 Å². The molecule has 0 bridgehead atoms. The van der Waals surface area contributed by atoms with E-state index >= 15 is 0 Å². The van der Waals surface area contributed by atoms with Crippen LogP contribution in [-0.4, -0.2) is 28.9 Å². The highest BCUT2D eigenvalue weighted by molar-refractivity contribution is 7.91. The minimum absolute atomic E-state index is 0.00994. The van der Waals surface area contributed by atoms with Crippen LogP contribution in [0.25, 0.3) is 6.08 Å². The molecular formula is C17H24N4O2S. The molecule has 0 spiro atoms. The molecule has 1 aromatic carbocycles. The minimum atomic E-state index is -3.55. The number of benzene rings is 1. The van der Waals surface area contributed by atoms with Gasteiger partial charge in [-0.15, -0.1) is 10.2 Å². The van der Waals surface area contributed by atoms with Crippen LogP contribution in [0.1, 0.15) is 44.1 Å². The molecule has 0 aliphatic carbocycles. The van der Waals surface area contributed by atoms with E-state index in [9.17, 15) is 8.42 Å². The predicted octanol–water partition coefficient (Wildman–Crippen LogP) is 2.59. The van der Waals surface area contributed by atoms with Crippen molar-refractivity contribution in [3.05, 3.63) is 47.8 Å². The SMILES string of the molecule is CCCC(N)c1nnc(S(=O)(=O)CC=Cc2ccccc2)n1CC. The monoisotopic (exact) mass is 348 g/mol. The van der Waals surface area contributed by atoms with Crippen LogP contribution >= 0.6 is 0 Å². The van der Waals surface area contributed by atoms with E-state index in [2.05, 4.69) is 10.2 Å². The molecule has 0 aliphatic rings. The first-order valence-corrected chi connectivity index (χ1v) is 9.77. The molecular weight excluding hydrogens is 324 g/mol. The van der Waals surface area contributed by atoms with Crippen LogP contribution in [-0.2, 0) is 16.4 Å². The zero-order valence-electron chi connectivity index (χ0n) is 14.1. The van der Waals surface area contributed by atoms with Gasteiger partial charge >= 0.3 is 0 Å². The summed E-state index contributed by atoms with van der Waals surface area (Å²) in [6.45, 7) is 4.36. The number of hydrogen-bond acceptors (Lipinski definition) is 5. The van der Waals surface area contributed by atoms with Crippen molar-refractivity contribution in [1.29, 1.82) is 0 Å². The molecule has 1 heterocycles. The normalized spacial score (nSPS) is 13.5. The van der Waals surface area contributed by atoms with Gasteiger partial charge < -0.3 is 10.3 Å². The number of rotatable bonds is 8. The molecule has 24 heavy (non-hydrogen) atoms. The standard InChI is InChI=1S/C17H24N4O2S/c1-3-9-15(18)16-19-20-17(21(16)4-2)24(22,23)13-8-12-14-10-6-5-7-11-14/h5-8,10-12,15H,3-4,9,13,18H2,1-2H3. The molecule has 0 saturated carbocycles. The first kappa shape index (κ1) is 18.4. The second-order valence-electron chi connectivity index (χ2n) is 5.57. The van der Waals surface area contributed by atoms with Gasteiger partial charge in [0, 0.05) is 6.54 Å². The minimum Gasteiger partial charge on any atom is -0.321 e. The van der Waals surface area contributed by atoms with Crippen molar-refractivity contribution in [3.63, 3.8) is 0 Å². The van der Waals surface area contributed by atoms with E-state index in [4.69, 9.17) is 5.73 Å². The summed E-state index contributed by atoms with van der Waals surface area (Å²) >= 11 is 0. The summed E-state index contributed by atoms with van der Waals surface area (Å²) in [5, 5.41) is 7.91. The smallest absolute Gasteiger partial charge is 0.250 e. The van der Waals surface area contributed by atoms with Gasteiger partial charge in [0.1, 0.15) is 0 Å². The molecule has 0 saturated heterocycles. The van der Waals surface area contributed by atoms with Crippen molar-refractivity contribution in [3.8, 4) is 0 Å². The number of hydrogen-bond donors (Lipinski definition) is 1. The van der Waals surface area contributed by atoms with E-state index in [1.807, 2.05) is 44.2 Å². The average Bonchev–Trinajstić information content (AvgIpc) is 3.01. The van der Waals surface area contributed by atoms with Crippen molar-refractivity contribution in [2.24, 2.45) is 5.73 Å². The molecule has 0 amide bonds. The Kier molecular flexibility index (Phi) is 6.28. The maximum absolute atomic E-state index is 12.6. The Bertz CT molecular complexity index is 782. The van der Waals surface area contributed by atoms with Crippen LogP contribution < -0.4 is 5.73 Å². The van der Waals surface area contributed by atoms with Gasteiger partial charge in [-0.25, -0.2) is 8.42 Å². The van der Waals surface area contributed by atoms with Gasteiger partial charge in [0.2, 0.25) is 15.0 Å². The summed E-state index contributed by atoms with van der Waals surface area (Å²) in [4.78, 5) is 0. The highest BCUT2D eigenvalue weighted by atomic mass is 32.2. The summed E-state index contributed by atoms with van der Waals surface area (Å²) in [6, 6.07) is 9.26. The van der Waals surface area contributed by atoms with Gasteiger partial charge in [0.15, 0.2) is 5.82 Å². The van der Waals surface area contributed by atoms with E-state index < -0.39 is 9.84 Å². The molecule has 2 rings (SSSR count). The summed E-state index contributed by atoms with van der Waals surface area (Å²) < 4.78 is 26.8. The largest absolute Gasteiger partial charge is 0.321 e. The number of nitrogens with two attached hydrogens (primary N) is 1. The lowest BCUT2D eigenvalue weighted by molar-refractivity contribution is 0.531. The highest BCUT2D eigenvalue weighted by Crippen LogP contribution is 2.18. The molecule has 130 valence electrons. The Morgan fingerprint density at radius 3 is 2.54 bits per heavy atom. The molecule has 6 nitrogen and oxygen atoms in total. The van der Waals surface area contributed by atoms with Crippen molar-refractivity contribution in [2.45, 2.75) is 44.4 Å². The Hall–Kier alpha value is -1.99. The molecule has 7 heteroatoms. The van der Waals surface area contributed by atoms with Gasteiger partial charge in [0.05, 0.1) is 11.8 Å². The van der Waals surface area contributed by atoms with Crippen molar-refractivity contribution in [2.75, 3.05) is 5.75 Å². The second-order valence-corrected chi connectivity index (χ2v) is 7.50.